The van der Waals surface area contributed by atoms with E-state index in [-0.39, 0.29) is 24.4 Å². The molecule has 1 aromatic carbocycles. The molecule has 1 aliphatic heterocycles. The highest BCUT2D eigenvalue weighted by Gasteiger charge is 2.19. The lowest BCUT2D eigenvalue weighted by molar-refractivity contribution is 0.0953. The third-order valence-corrected chi connectivity index (χ3v) is 4.65. The summed E-state index contributed by atoms with van der Waals surface area (Å²) in [6.07, 6.45) is 1.06. The van der Waals surface area contributed by atoms with Crippen LogP contribution in [0.15, 0.2) is 36.4 Å². The van der Waals surface area contributed by atoms with Gasteiger partial charge >= 0.3 is 0 Å². The van der Waals surface area contributed by atoms with E-state index in [0.29, 0.717) is 6.54 Å². The summed E-state index contributed by atoms with van der Waals surface area (Å²) in [6, 6.07) is 12.5. The second kappa shape index (κ2) is 7.07. The summed E-state index contributed by atoms with van der Waals surface area (Å²) in [5, 5.41) is 6.51. The number of hydrogen-bond acceptors (Lipinski definition) is 3. The average molecular weight is 323 g/mol. The minimum Gasteiger partial charge on any atom is -0.349 e. The summed E-state index contributed by atoms with van der Waals surface area (Å²) < 4.78 is 0. The van der Waals surface area contributed by atoms with E-state index in [2.05, 4.69) is 34.9 Å². The number of hydrogen-bond donors (Lipinski definition) is 2. The molecular formula is C16H19ClN2OS. The Hall–Kier alpha value is -1.36. The van der Waals surface area contributed by atoms with Gasteiger partial charge in [-0.2, -0.15) is 0 Å². The number of carbonyl (C=O) groups is 1. The zero-order valence-electron chi connectivity index (χ0n) is 11.9. The van der Waals surface area contributed by atoms with Crippen molar-refractivity contribution in [2.45, 2.75) is 19.4 Å². The highest BCUT2D eigenvalue weighted by atomic mass is 35.5. The lowest BCUT2D eigenvalue weighted by atomic mass is 9.94. The molecule has 0 aliphatic carbocycles. The van der Waals surface area contributed by atoms with E-state index in [1.54, 1.807) is 0 Å². The van der Waals surface area contributed by atoms with Crippen LogP contribution in [0.25, 0.3) is 0 Å². The van der Waals surface area contributed by atoms with Gasteiger partial charge in [0, 0.05) is 17.5 Å². The smallest absolute Gasteiger partial charge is 0.261 e. The Morgan fingerprint density at radius 2 is 2.14 bits per heavy atom. The lowest BCUT2D eigenvalue weighted by Gasteiger charge is -2.27. The van der Waals surface area contributed by atoms with Crippen LogP contribution in [0.5, 0.6) is 0 Å². The summed E-state index contributed by atoms with van der Waals surface area (Å²) in [5.41, 5.74) is 2.69. The van der Waals surface area contributed by atoms with Gasteiger partial charge in [-0.05, 0) is 43.1 Å². The molecule has 3 rings (SSSR count). The third-order valence-electron chi connectivity index (χ3n) is 3.65. The lowest BCUT2D eigenvalue weighted by Crippen LogP contribution is -2.38. The van der Waals surface area contributed by atoms with E-state index in [9.17, 15) is 4.79 Å². The molecule has 1 amide bonds. The van der Waals surface area contributed by atoms with Gasteiger partial charge in [-0.1, -0.05) is 24.3 Å². The molecule has 21 heavy (non-hydrogen) atoms. The topological polar surface area (TPSA) is 41.1 Å². The molecule has 2 aromatic rings. The zero-order valence-corrected chi connectivity index (χ0v) is 13.5. The van der Waals surface area contributed by atoms with Crippen LogP contribution in [-0.4, -0.2) is 19.0 Å². The van der Waals surface area contributed by atoms with Gasteiger partial charge in [0.1, 0.15) is 0 Å². The molecule has 0 saturated carbocycles. The summed E-state index contributed by atoms with van der Waals surface area (Å²) >= 11 is 1.54. The van der Waals surface area contributed by atoms with Crippen LogP contribution in [0.4, 0.5) is 0 Å². The van der Waals surface area contributed by atoms with Crippen LogP contribution in [0.2, 0.25) is 0 Å². The van der Waals surface area contributed by atoms with Crippen LogP contribution < -0.4 is 10.6 Å². The molecule has 0 radical (unpaired) electrons. The Kier molecular flexibility index (Phi) is 5.39. The van der Waals surface area contributed by atoms with E-state index in [4.69, 9.17) is 0 Å². The first-order valence-corrected chi connectivity index (χ1v) is 7.71. The molecule has 0 fully saturated rings. The predicted octanol–water partition coefficient (Wildman–Crippen LogP) is 3.10. The minimum absolute atomic E-state index is 0. The molecule has 0 saturated heterocycles. The molecular weight excluding hydrogens is 304 g/mol. The quantitative estimate of drug-likeness (QED) is 0.911. The van der Waals surface area contributed by atoms with Gasteiger partial charge in [0.15, 0.2) is 0 Å². The fourth-order valence-electron chi connectivity index (χ4n) is 2.61. The standard InChI is InChI=1S/C16H18N2OS.ClH/c1-11-6-7-15(20-11)16(19)18-10-14-13-5-3-2-4-12(13)8-9-17-14;/h2-7,14,17H,8-10H2,1H3,(H,18,19);1H. The summed E-state index contributed by atoms with van der Waals surface area (Å²) in [7, 11) is 0. The maximum absolute atomic E-state index is 12.1. The second-order valence-corrected chi connectivity index (χ2v) is 6.36. The number of aryl methyl sites for hydroxylation is 1. The van der Waals surface area contributed by atoms with Crippen LogP contribution in [0.1, 0.15) is 31.7 Å². The molecule has 0 bridgehead atoms. The molecule has 1 aliphatic rings. The Morgan fingerprint density at radius 1 is 1.33 bits per heavy atom. The first-order chi connectivity index (χ1) is 9.74. The van der Waals surface area contributed by atoms with Gasteiger partial charge in [-0.3, -0.25) is 4.79 Å². The van der Waals surface area contributed by atoms with Gasteiger partial charge in [0.25, 0.3) is 5.91 Å². The van der Waals surface area contributed by atoms with Crippen molar-refractivity contribution < 1.29 is 4.79 Å². The molecule has 3 nitrogen and oxygen atoms in total. The Labute approximate surface area is 135 Å². The Balaban J connectivity index is 0.00000161. The first-order valence-electron chi connectivity index (χ1n) is 6.90. The number of amides is 1. The van der Waals surface area contributed by atoms with Crippen molar-refractivity contribution in [3.63, 3.8) is 0 Å². The fraction of sp³-hybridized carbons (Fsp3) is 0.312. The van der Waals surface area contributed by atoms with Gasteiger partial charge in [-0.15, -0.1) is 23.7 Å². The fourth-order valence-corrected chi connectivity index (χ4v) is 3.40. The van der Waals surface area contributed by atoms with Crippen molar-refractivity contribution >= 4 is 29.7 Å². The molecule has 112 valence electrons. The molecule has 5 heteroatoms. The molecule has 0 spiro atoms. The summed E-state index contributed by atoms with van der Waals surface area (Å²) in [5.74, 6) is 0.0213. The Bertz CT molecular complexity index is 626. The Morgan fingerprint density at radius 3 is 2.90 bits per heavy atom. The van der Waals surface area contributed by atoms with Crippen molar-refractivity contribution in [2.75, 3.05) is 13.1 Å². The maximum atomic E-state index is 12.1. The highest BCUT2D eigenvalue weighted by molar-refractivity contribution is 7.13. The van der Waals surface area contributed by atoms with Gasteiger partial charge in [-0.25, -0.2) is 0 Å². The van der Waals surface area contributed by atoms with E-state index in [1.807, 2.05) is 19.1 Å². The monoisotopic (exact) mass is 322 g/mol. The van der Waals surface area contributed by atoms with Crippen LogP contribution in [0, 0.1) is 6.92 Å². The van der Waals surface area contributed by atoms with Crippen LogP contribution in [-0.2, 0) is 6.42 Å². The largest absolute Gasteiger partial charge is 0.349 e. The van der Waals surface area contributed by atoms with E-state index in [0.717, 1.165) is 22.7 Å². The molecule has 1 unspecified atom stereocenters. The van der Waals surface area contributed by atoms with E-state index < -0.39 is 0 Å². The molecule has 2 heterocycles. The van der Waals surface area contributed by atoms with E-state index >= 15 is 0 Å². The van der Waals surface area contributed by atoms with Crippen molar-refractivity contribution in [2.24, 2.45) is 0 Å². The normalized spacial score (nSPS) is 16.7. The summed E-state index contributed by atoms with van der Waals surface area (Å²) in [6.45, 7) is 3.61. The zero-order chi connectivity index (χ0) is 13.9. The first kappa shape index (κ1) is 16.0. The number of carbonyl (C=O) groups excluding carboxylic acids is 1. The number of fused-ring (bicyclic) bond motifs is 1. The van der Waals surface area contributed by atoms with Gasteiger partial charge in [0.05, 0.1) is 4.88 Å². The van der Waals surface area contributed by atoms with Crippen molar-refractivity contribution in [1.82, 2.24) is 10.6 Å². The number of nitrogens with one attached hydrogen (secondary N) is 2. The number of rotatable bonds is 3. The van der Waals surface area contributed by atoms with Crippen molar-refractivity contribution in [1.29, 1.82) is 0 Å². The maximum Gasteiger partial charge on any atom is 0.261 e. The van der Waals surface area contributed by atoms with Gasteiger partial charge < -0.3 is 10.6 Å². The number of halogens is 1. The van der Waals surface area contributed by atoms with Crippen molar-refractivity contribution in [3.8, 4) is 0 Å². The number of thiophene rings is 1. The number of benzene rings is 1. The minimum atomic E-state index is 0. The highest BCUT2D eigenvalue weighted by Crippen LogP contribution is 2.22. The predicted molar refractivity (Wildman–Crippen MR) is 89.5 cm³/mol. The second-order valence-electron chi connectivity index (χ2n) is 5.08. The molecule has 1 atom stereocenters. The van der Waals surface area contributed by atoms with Crippen LogP contribution >= 0.6 is 23.7 Å². The SMILES string of the molecule is Cc1ccc(C(=O)NCC2NCCc3ccccc32)s1.Cl. The average Bonchev–Trinajstić information content (AvgIpc) is 2.91. The molecule has 1 aromatic heterocycles. The molecule has 2 N–H and O–H groups in total. The van der Waals surface area contributed by atoms with Crippen LogP contribution in [0.3, 0.4) is 0 Å². The summed E-state index contributed by atoms with van der Waals surface area (Å²) in [4.78, 5) is 14.0. The van der Waals surface area contributed by atoms with Crippen molar-refractivity contribution in [3.05, 3.63) is 57.3 Å². The van der Waals surface area contributed by atoms with E-state index in [1.165, 1.54) is 22.5 Å². The third kappa shape index (κ3) is 3.64. The van der Waals surface area contributed by atoms with Gasteiger partial charge in [0.2, 0.25) is 0 Å².